The van der Waals surface area contributed by atoms with Crippen LogP contribution in [-0.4, -0.2) is 33.5 Å². The molecule has 0 radical (unpaired) electrons. The van der Waals surface area contributed by atoms with Crippen LogP contribution in [0.4, 0.5) is 5.82 Å². The molecule has 0 atom stereocenters. The average Bonchev–Trinajstić information content (AvgIpc) is 2.99. The fraction of sp³-hybridized carbons (Fsp3) is 0.357. The van der Waals surface area contributed by atoms with E-state index >= 15 is 0 Å². The number of carbonyl (C=O) groups is 1. The van der Waals surface area contributed by atoms with E-state index < -0.39 is 0 Å². The maximum absolute atomic E-state index is 12.0. The number of amides is 1. The predicted octanol–water partition coefficient (Wildman–Crippen LogP) is 2.18. The van der Waals surface area contributed by atoms with E-state index in [9.17, 15) is 4.79 Å². The number of imidazole rings is 1. The van der Waals surface area contributed by atoms with Gasteiger partial charge in [0.2, 0.25) is 0 Å². The highest BCUT2D eigenvalue weighted by Gasteiger charge is 2.09. The van der Waals surface area contributed by atoms with Gasteiger partial charge >= 0.3 is 0 Å². The largest absolute Gasteiger partial charge is 0.369 e. The zero-order chi connectivity index (χ0) is 15.1. The van der Waals surface area contributed by atoms with Gasteiger partial charge in [-0.2, -0.15) is 0 Å². The van der Waals surface area contributed by atoms with E-state index in [-0.39, 0.29) is 5.91 Å². The molecule has 0 saturated carbocycles. The number of nitrogens with one attached hydrogen (secondary N) is 2. The summed E-state index contributed by atoms with van der Waals surface area (Å²) in [6, 6.07) is 1.62. The lowest BCUT2D eigenvalue weighted by atomic mass is 10.2. The summed E-state index contributed by atoms with van der Waals surface area (Å²) in [5, 5.41) is 6.38. The summed E-state index contributed by atoms with van der Waals surface area (Å²) in [4.78, 5) is 20.1. The van der Waals surface area contributed by atoms with Crippen molar-refractivity contribution in [1.82, 2.24) is 19.9 Å². The minimum absolute atomic E-state index is 0.188. The summed E-state index contributed by atoms with van der Waals surface area (Å²) in [6.07, 6.45) is 7.76. The van der Waals surface area contributed by atoms with Crippen molar-refractivity contribution in [3.8, 4) is 0 Å². The van der Waals surface area contributed by atoms with Crippen LogP contribution in [0.15, 0.2) is 31.0 Å². The van der Waals surface area contributed by atoms with Gasteiger partial charge in [-0.15, -0.1) is 0 Å². The summed E-state index contributed by atoms with van der Waals surface area (Å²) in [6.45, 7) is 4.04. The van der Waals surface area contributed by atoms with E-state index in [1.54, 1.807) is 18.6 Å². The molecule has 2 aromatic rings. The topological polar surface area (TPSA) is 71.8 Å². The third-order valence-electron chi connectivity index (χ3n) is 2.86. The Bertz CT molecular complexity index is 585. The maximum Gasteiger partial charge on any atom is 0.252 e. The minimum atomic E-state index is -0.188. The van der Waals surface area contributed by atoms with Gasteiger partial charge in [0, 0.05) is 38.2 Å². The van der Waals surface area contributed by atoms with E-state index in [1.807, 2.05) is 10.8 Å². The summed E-state index contributed by atoms with van der Waals surface area (Å²) >= 11 is 6.11. The molecule has 0 aromatic carbocycles. The average molecular weight is 308 g/mol. The molecule has 6 nitrogen and oxygen atoms in total. The molecule has 0 unspecified atom stereocenters. The van der Waals surface area contributed by atoms with Crippen LogP contribution < -0.4 is 10.6 Å². The van der Waals surface area contributed by atoms with Crippen molar-refractivity contribution in [3.05, 3.63) is 41.6 Å². The quantitative estimate of drug-likeness (QED) is 0.822. The number of rotatable bonds is 7. The lowest BCUT2D eigenvalue weighted by Gasteiger charge is -2.09. The Morgan fingerprint density at radius 3 is 2.95 bits per heavy atom. The molecular weight excluding hydrogens is 290 g/mol. The smallest absolute Gasteiger partial charge is 0.252 e. The maximum atomic E-state index is 12.0. The van der Waals surface area contributed by atoms with Crippen LogP contribution in [0.2, 0.25) is 5.02 Å². The third-order valence-corrected chi connectivity index (χ3v) is 3.15. The molecule has 2 N–H and O–H groups in total. The molecule has 0 aliphatic carbocycles. The van der Waals surface area contributed by atoms with Crippen LogP contribution in [-0.2, 0) is 6.54 Å². The lowest BCUT2D eigenvalue weighted by Crippen LogP contribution is -2.27. The molecule has 1 amide bonds. The van der Waals surface area contributed by atoms with Gasteiger partial charge in [-0.25, -0.2) is 9.97 Å². The summed E-state index contributed by atoms with van der Waals surface area (Å²) in [7, 11) is 0. The second-order valence-corrected chi connectivity index (χ2v) is 4.94. The molecule has 2 aromatic heterocycles. The zero-order valence-electron chi connectivity index (χ0n) is 11.8. The highest BCUT2D eigenvalue weighted by molar-refractivity contribution is 6.33. The van der Waals surface area contributed by atoms with E-state index in [2.05, 4.69) is 27.5 Å². The Morgan fingerprint density at radius 2 is 2.29 bits per heavy atom. The van der Waals surface area contributed by atoms with E-state index in [0.29, 0.717) is 29.5 Å². The fourth-order valence-corrected chi connectivity index (χ4v) is 1.99. The fourth-order valence-electron chi connectivity index (χ4n) is 1.76. The number of hydrogen-bond acceptors (Lipinski definition) is 4. The normalized spacial score (nSPS) is 10.4. The summed E-state index contributed by atoms with van der Waals surface area (Å²) in [5.74, 6) is 0.417. The Balaban J connectivity index is 1.88. The summed E-state index contributed by atoms with van der Waals surface area (Å²) in [5.41, 5.74) is 0.452. The first-order valence-electron chi connectivity index (χ1n) is 6.84. The van der Waals surface area contributed by atoms with Crippen molar-refractivity contribution in [2.45, 2.75) is 19.9 Å². The Hall–Kier alpha value is -2.08. The van der Waals surface area contributed by atoms with Crippen LogP contribution in [0.3, 0.4) is 0 Å². The highest BCUT2D eigenvalue weighted by atomic mass is 35.5. The van der Waals surface area contributed by atoms with Gasteiger partial charge in [0.1, 0.15) is 5.82 Å². The SMILES string of the molecule is CCCNc1ncc(C(=O)NCCn2ccnc2)cc1Cl. The van der Waals surface area contributed by atoms with Crippen molar-refractivity contribution in [3.63, 3.8) is 0 Å². The molecule has 2 heterocycles. The minimum Gasteiger partial charge on any atom is -0.369 e. The van der Waals surface area contributed by atoms with Crippen LogP contribution in [0, 0.1) is 0 Å². The van der Waals surface area contributed by atoms with Gasteiger partial charge in [0.05, 0.1) is 16.9 Å². The number of halogens is 1. The van der Waals surface area contributed by atoms with Crippen molar-refractivity contribution in [1.29, 1.82) is 0 Å². The van der Waals surface area contributed by atoms with Crippen LogP contribution in [0.1, 0.15) is 23.7 Å². The van der Waals surface area contributed by atoms with Crippen LogP contribution in [0.25, 0.3) is 0 Å². The second kappa shape index (κ2) is 7.64. The zero-order valence-corrected chi connectivity index (χ0v) is 12.6. The molecule has 2 rings (SSSR count). The first-order chi connectivity index (χ1) is 10.2. The molecule has 112 valence electrons. The van der Waals surface area contributed by atoms with Gasteiger partial charge in [0.15, 0.2) is 0 Å². The molecule has 0 saturated heterocycles. The molecule has 7 heteroatoms. The van der Waals surface area contributed by atoms with E-state index in [1.165, 1.54) is 6.20 Å². The van der Waals surface area contributed by atoms with Gasteiger partial charge < -0.3 is 15.2 Å². The van der Waals surface area contributed by atoms with Crippen LogP contribution in [0.5, 0.6) is 0 Å². The van der Waals surface area contributed by atoms with Crippen molar-refractivity contribution in [2.75, 3.05) is 18.4 Å². The number of nitrogens with zero attached hydrogens (tertiary/aromatic N) is 3. The predicted molar refractivity (Wildman–Crippen MR) is 82.6 cm³/mol. The standard InChI is InChI=1S/C14H18ClN5O/c1-2-3-17-13-12(15)8-11(9-19-13)14(21)18-5-7-20-6-4-16-10-20/h4,6,8-10H,2-3,5,7H2,1H3,(H,17,19)(H,18,21). The highest BCUT2D eigenvalue weighted by Crippen LogP contribution is 2.19. The number of carbonyl (C=O) groups excluding carboxylic acids is 1. The van der Waals surface area contributed by atoms with Crippen molar-refractivity contribution < 1.29 is 4.79 Å². The Labute approximate surface area is 128 Å². The molecule has 0 bridgehead atoms. The van der Waals surface area contributed by atoms with Gasteiger partial charge in [-0.1, -0.05) is 18.5 Å². The molecule has 21 heavy (non-hydrogen) atoms. The first kappa shape index (κ1) is 15.3. The van der Waals surface area contributed by atoms with Crippen LogP contribution >= 0.6 is 11.6 Å². The molecule has 0 aliphatic heterocycles. The van der Waals surface area contributed by atoms with E-state index in [0.717, 1.165) is 13.0 Å². The first-order valence-corrected chi connectivity index (χ1v) is 7.22. The third kappa shape index (κ3) is 4.46. The monoisotopic (exact) mass is 307 g/mol. The second-order valence-electron chi connectivity index (χ2n) is 4.54. The van der Waals surface area contributed by atoms with E-state index in [4.69, 9.17) is 11.6 Å². The molecule has 0 aliphatic rings. The van der Waals surface area contributed by atoms with Crippen molar-refractivity contribution >= 4 is 23.3 Å². The molecule has 0 spiro atoms. The number of anilines is 1. The number of hydrogen-bond donors (Lipinski definition) is 2. The lowest BCUT2D eigenvalue weighted by molar-refractivity contribution is 0.0952. The van der Waals surface area contributed by atoms with Gasteiger partial charge in [-0.3, -0.25) is 4.79 Å². The molecular formula is C14H18ClN5O. The Kier molecular flexibility index (Phi) is 5.57. The number of aromatic nitrogens is 3. The number of pyridine rings is 1. The van der Waals surface area contributed by atoms with Gasteiger partial charge in [0.25, 0.3) is 5.91 Å². The van der Waals surface area contributed by atoms with Crippen molar-refractivity contribution in [2.24, 2.45) is 0 Å². The molecule has 0 fully saturated rings. The van der Waals surface area contributed by atoms with Gasteiger partial charge in [-0.05, 0) is 12.5 Å². The summed E-state index contributed by atoms with van der Waals surface area (Å²) < 4.78 is 1.89. The Morgan fingerprint density at radius 1 is 1.43 bits per heavy atom.